The van der Waals surface area contributed by atoms with Crippen LogP contribution in [0, 0.1) is 5.41 Å². The highest BCUT2D eigenvalue weighted by atomic mass is 16.6. The SMILES string of the molecule is N=CC1=NCCC2(C1)OC(=O)Nc1ccccc12. The number of carbonyl (C=O) groups is 1. The molecule has 1 unspecified atom stereocenters. The number of benzene rings is 1. The van der Waals surface area contributed by atoms with Crippen molar-refractivity contribution >= 4 is 23.7 Å². The number of hydrogen-bond donors (Lipinski definition) is 2. The van der Waals surface area contributed by atoms with Crippen LogP contribution in [-0.4, -0.2) is 24.6 Å². The molecule has 3 rings (SSSR count). The summed E-state index contributed by atoms with van der Waals surface area (Å²) in [4.78, 5) is 15.9. The van der Waals surface area contributed by atoms with E-state index in [1.165, 1.54) is 6.21 Å². The quantitative estimate of drug-likeness (QED) is 0.743. The zero-order valence-corrected chi connectivity index (χ0v) is 9.77. The maximum Gasteiger partial charge on any atom is 0.412 e. The first-order valence-corrected chi connectivity index (χ1v) is 5.87. The van der Waals surface area contributed by atoms with E-state index in [9.17, 15) is 4.79 Å². The average Bonchev–Trinajstić information content (AvgIpc) is 2.38. The number of para-hydroxylation sites is 1. The van der Waals surface area contributed by atoms with Gasteiger partial charge in [0.15, 0.2) is 0 Å². The zero-order chi connectivity index (χ0) is 12.6. The molecule has 92 valence electrons. The molecule has 0 saturated heterocycles. The van der Waals surface area contributed by atoms with Crippen molar-refractivity contribution in [1.29, 1.82) is 5.41 Å². The van der Waals surface area contributed by atoms with E-state index in [1.807, 2.05) is 24.3 Å². The predicted octanol–water partition coefficient (Wildman–Crippen LogP) is 2.33. The average molecular weight is 243 g/mol. The molecule has 2 aliphatic rings. The van der Waals surface area contributed by atoms with Gasteiger partial charge in [-0.1, -0.05) is 18.2 Å². The minimum absolute atomic E-state index is 0.431. The second kappa shape index (κ2) is 3.94. The predicted molar refractivity (Wildman–Crippen MR) is 68.5 cm³/mol. The van der Waals surface area contributed by atoms with E-state index in [-0.39, 0.29) is 0 Å². The Hall–Kier alpha value is -2.17. The lowest BCUT2D eigenvalue weighted by Gasteiger charge is -2.40. The third-order valence-electron chi connectivity index (χ3n) is 3.41. The van der Waals surface area contributed by atoms with Crippen molar-refractivity contribution in [3.8, 4) is 0 Å². The molecule has 1 aromatic rings. The molecule has 18 heavy (non-hydrogen) atoms. The largest absolute Gasteiger partial charge is 0.437 e. The van der Waals surface area contributed by atoms with Gasteiger partial charge >= 0.3 is 6.09 Å². The second-order valence-corrected chi connectivity index (χ2v) is 4.50. The van der Waals surface area contributed by atoms with Crippen molar-refractivity contribution in [2.45, 2.75) is 18.4 Å². The van der Waals surface area contributed by atoms with E-state index in [2.05, 4.69) is 10.3 Å². The molecule has 5 heteroatoms. The van der Waals surface area contributed by atoms with E-state index in [0.717, 1.165) is 11.3 Å². The third kappa shape index (κ3) is 1.59. The summed E-state index contributed by atoms with van der Waals surface area (Å²) in [7, 11) is 0. The number of carbonyl (C=O) groups excluding carboxylic acids is 1. The normalized spacial score (nSPS) is 25.8. The topological polar surface area (TPSA) is 74.5 Å². The molecule has 1 aromatic carbocycles. The molecular formula is C13H13N3O2. The van der Waals surface area contributed by atoms with Crippen molar-refractivity contribution in [2.75, 3.05) is 11.9 Å². The van der Waals surface area contributed by atoms with Gasteiger partial charge in [0.1, 0.15) is 5.60 Å². The van der Waals surface area contributed by atoms with Crippen molar-refractivity contribution in [1.82, 2.24) is 0 Å². The first-order valence-electron chi connectivity index (χ1n) is 5.87. The molecule has 0 aromatic heterocycles. The highest BCUT2D eigenvalue weighted by molar-refractivity contribution is 6.30. The lowest BCUT2D eigenvalue weighted by molar-refractivity contribution is 0.00950. The van der Waals surface area contributed by atoms with Crippen LogP contribution < -0.4 is 5.32 Å². The van der Waals surface area contributed by atoms with Gasteiger partial charge in [-0.15, -0.1) is 0 Å². The number of amides is 1. The van der Waals surface area contributed by atoms with Gasteiger partial charge in [0.25, 0.3) is 0 Å². The van der Waals surface area contributed by atoms with Crippen molar-refractivity contribution in [2.24, 2.45) is 4.99 Å². The lowest BCUT2D eigenvalue weighted by Crippen LogP contribution is -2.43. The number of hydrogen-bond acceptors (Lipinski definition) is 4. The Bertz CT molecular complexity index is 553. The molecular weight excluding hydrogens is 230 g/mol. The first kappa shape index (κ1) is 11.0. The number of nitrogens with zero attached hydrogens (tertiary/aromatic N) is 1. The summed E-state index contributed by atoms with van der Waals surface area (Å²) in [6.07, 6.45) is 1.94. The molecule has 0 aliphatic carbocycles. The standard InChI is InChI=1S/C13H13N3O2/c14-8-9-7-13(5-6-15-9)10-3-1-2-4-11(10)16-12(17)18-13/h1-4,8,14H,5-7H2,(H,16,17). The molecule has 0 fully saturated rings. The van der Waals surface area contributed by atoms with Crippen molar-refractivity contribution in [3.05, 3.63) is 29.8 Å². The van der Waals surface area contributed by atoms with Gasteiger partial charge in [0.2, 0.25) is 0 Å². The van der Waals surface area contributed by atoms with Gasteiger partial charge in [-0.3, -0.25) is 10.3 Å². The second-order valence-electron chi connectivity index (χ2n) is 4.50. The third-order valence-corrected chi connectivity index (χ3v) is 3.41. The van der Waals surface area contributed by atoms with Gasteiger partial charge in [0.05, 0.1) is 11.4 Å². The fourth-order valence-electron chi connectivity index (χ4n) is 2.59. The Kier molecular flexibility index (Phi) is 2.40. The van der Waals surface area contributed by atoms with Gasteiger partial charge in [0, 0.05) is 31.2 Å². The van der Waals surface area contributed by atoms with Crippen LogP contribution in [-0.2, 0) is 10.3 Å². The Morgan fingerprint density at radius 1 is 1.44 bits per heavy atom. The Labute approximate surface area is 104 Å². The highest BCUT2D eigenvalue weighted by Gasteiger charge is 2.43. The summed E-state index contributed by atoms with van der Waals surface area (Å²) in [6.45, 7) is 0.576. The van der Waals surface area contributed by atoms with Crippen LogP contribution in [0.15, 0.2) is 29.3 Å². The summed E-state index contributed by atoms with van der Waals surface area (Å²) in [6, 6.07) is 7.64. The first-order chi connectivity index (χ1) is 8.73. The summed E-state index contributed by atoms with van der Waals surface area (Å²) in [5.74, 6) is 0. The molecule has 0 radical (unpaired) electrons. The molecule has 1 spiro atoms. The molecule has 2 heterocycles. The maximum atomic E-state index is 11.7. The van der Waals surface area contributed by atoms with Gasteiger partial charge in [-0.2, -0.15) is 0 Å². The maximum absolute atomic E-state index is 11.7. The molecule has 5 nitrogen and oxygen atoms in total. The van der Waals surface area contributed by atoms with E-state index in [4.69, 9.17) is 10.1 Å². The monoisotopic (exact) mass is 243 g/mol. The molecule has 1 amide bonds. The number of anilines is 1. The van der Waals surface area contributed by atoms with Gasteiger partial charge in [-0.05, 0) is 6.07 Å². The number of fused-ring (bicyclic) bond motifs is 2. The minimum atomic E-state index is -0.659. The molecule has 0 saturated carbocycles. The van der Waals surface area contributed by atoms with Crippen LogP contribution in [0.2, 0.25) is 0 Å². The van der Waals surface area contributed by atoms with Crippen LogP contribution in [0.4, 0.5) is 10.5 Å². The smallest absolute Gasteiger partial charge is 0.412 e. The van der Waals surface area contributed by atoms with E-state index < -0.39 is 11.7 Å². The van der Waals surface area contributed by atoms with Crippen LogP contribution in [0.5, 0.6) is 0 Å². The Balaban J connectivity index is 2.09. The Morgan fingerprint density at radius 2 is 2.28 bits per heavy atom. The molecule has 1 atom stereocenters. The van der Waals surface area contributed by atoms with Gasteiger partial charge in [-0.25, -0.2) is 4.79 Å². The summed E-state index contributed by atoms with van der Waals surface area (Å²) >= 11 is 0. The number of aliphatic imine (C=N–C) groups is 1. The van der Waals surface area contributed by atoms with Gasteiger partial charge < -0.3 is 10.1 Å². The molecule has 2 N–H and O–H groups in total. The molecule has 2 aliphatic heterocycles. The van der Waals surface area contributed by atoms with Crippen molar-refractivity contribution < 1.29 is 9.53 Å². The zero-order valence-electron chi connectivity index (χ0n) is 9.77. The van der Waals surface area contributed by atoms with E-state index in [1.54, 1.807) is 0 Å². The fraction of sp³-hybridized carbons (Fsp3) is 0.308. The van der Waals surface area contributed by atoms with Crippen LogP contribution in [0.1, 0.15) is 18.4 Å². The summed E-state index contributed by atoms with van der Waals surface area (Å²) in [5, 5.41) is 10.0. The summed E-state index contributed by atoms with van der Waals surface area (Å²) < 4.78 is 5.54. The number of rotatable bonds is 1. The van der Waals surface area contributed by atoms with E-state index in [0.29, 0.717) is 25.1 Å². The fourth-order valence-corrected chi connectivity index (χ4v) is 2.59. The number of nitrogens with one attached hydrogen (secondary N) is 2. The minimum Gasteiger partial charge on any atom is -0.437 e. The van der Waals surface area contributed by atoms with Crippen LogP contribution in [0.3, 0.4) is 0 Å². The molecule has 0 bridgehead atoms. The summed E-state index contributed by atoms with van der Waals surface area (Å²) in [5.41, 5.74) is 1.78. The van der Waals surface area contributed by atoms with E-state index >= 15 is 0 Å². The van der Waals surface area contributed by atoms with Crippen LogP contribution in [0.25, 0.3) is 0 Å². The Morgan fingerprint density at radius 3 is 3.11 bits per heavy atom. The van der Waals surface area contributed by atoms with Crippen LogP contribution >= 0.6 is 0 Å². The highest BCUT2D eigenvalue weighted by Crippen LogP contribution is 2.42. The van der Waals surface area contributed by atoms with Crippen molar-refractivity contribution in [3.63, 3.8) is 0 Å². The lowest BCUT2D eigenvalue weighted by atomic mass is 9.82. The number of ether oxygens (including phenoxy) is 1.